The van der Waals surface area contributed by atoms with E-state index in [0.29, 0.717) is 0 Å². The summed E-state index contributed by atoms with van der Waals surface area (Å²) in [6.07, 6.45) is 0. The molecule has 0 heterocycles. The molecule has 68 valence electrons. The summed E-state index contributed by atoms with van der Waals surface area (Å²) >= 11 is -0.857. The summed E-state index contributed by atoms with van der Waals surface area (Å²) in [5.74, 6) is 0. The molecule has 0 aliphatic carbocycles. The second-order valence-corrected chi connectivity index (χ2v) is 23.5. The normalized spacial score (nSPS) is 8.18. The molecule has 0 amide bonds. The molecule has 0 bridgehead atoms. The zero-order chi connectivity index (χ0) is 9.86. The molecule has 0 aliphatic rings. The second-order valence-electron chi connectivity index (χ2n) is 3.50. The summed E-state index contributed by atoms with van der Waals surface area (Å²) in [6.45, 7) is 0. The molecule has 11 heavy (non-hydrogen) atoms. The molecule has 0 nitrogen and oxygen atoms in total. The van der Waals surface area contributed by atoms with Crippen LogP contribution in [-0.4, -0.2) is 60.7 Å². The molecule has 3 heteroatoms. The van der Waals surface area contributed by atoms with Crippen molar-refractivity contribution >= 4 is 60.7 Å². The van der Waals surface area contributed by atoms with Crippen molar-refractivity contribution in [3.05, 3.63) is 0 Å². The molecule has 0 aromatic rings. The Kier molecular flexibility index (Phi) is 31.6. The first-order valence-corrected chi connectivity index (χ1v) is 26.8. The third-order valence-corrected chi connectivity index (χ3v) is 0. The average Bonchev–Trinajstić information content (AvgIpc) is 1.60. The Morgan fingerprint density at radius 2 is 0.636 bits per heavy atom. The fourth-order valence-electron chi connectivity index (χ4n) is 0. The SMILES string of the molecule is [CH3][Sn]([CH3])[CH3].[CH3][Sn]([CH3])[CH3].[CH3][Sn][CH3]. The first-order chi connectivity index (χ1) is 4.88. The summed E-state index contributed by atoms with van der Waals surface area (Å²) in [5, 5.41) is 0. The second kappa shape index (κ2) is 18.2. The van der Waals surface area contributed by atoms with Crippen LogP contribution in [-0.2, 0) is 0 Å². The van der Waals surface area contributed by atoms with E-state index in [1.165, 1.54) is 0 Å². The molecule has 0 saturated carbocycles. The van der Waals surface area contributed by atoms with E-state index in [2.05, 4.69) is 39.5 Å². The summed E-state index contributed by atoms with van der Waals surface area (Å²) in [5.41, 5.74) is 0. The van der Waals surface area contributed by atoms with Crippen molar-refractivity contribution in [2.24, 2.45) is 0 Å². The molecule has 0 aliphatic heterocycles. The van der Waals surface area contributed by atoms with Gasteiger partial charge in [-0.25, -0.2) is 0 Å². The van der Waals surface area contributed by atoms with Crippen molar-refractivity contribution < 1.29 is 0 Å². The van der Waals surface area contributed by atoms with Gasteiger partial charge in [0, 0.05) is 0 Å². The monoisotopic (exact) mass is 480 g/mol. The molecule has 4 radical (unpaired) electrons. The molecular formula is C8H24Sn3. The van der Waals surface area contributed by atoms with E-state index in [-0.39, 0.29) is 21.1 Å². The van der Waals surface area contributed by atoms with Crippen LogP contribution in [0.2, 0.25) is 39.5 Å². The van der Waals surface area contributed by atoms with Gasteiger partial charge in [-0.05, 0) is 0 Å². The van der Waals surface area contributed by atoms with E-state index in [1.807, 2.05) is 0 Å². The number of rotatable bonds is 0. The van der Waals surface area contributed by atoms with Gasteiger partial charge in [0.1, 0.15) is 0 Å². The van der Waals surface area contributed by atoms with Crippen LogP contribution in [0.5, 0.6) is 0 Å². The van der Waals surface area contributed by atoms with Gasteiger partial charge in [0.15, 0.2) is 0 Å². The van der Waals surface area contributed by atoms with E-state index >= 15 is 0 Å². The van der Waals surface area contributed by atoms with Gasteiger partial charge < -0.3 is 0 Å². The van der Waals surface area contributed by atoms with Gasteiger partial charge in [0.05, 0.1) is 0 Å². The zero-order valence-corrected chi connectivity index (χ0v) is 18.1. The number of hydrogen-bond donors (Lipinski definition) is 0. The molecule has 0 fully saturated rings. The van der Waals surface area contributed by atoms with Crippen LogP contribution in [0.15, 0.2) is 0 Å². The van der Waals surface area contributed by atoms with E-state index in [1.54, 1.807) is 0 Å². The van der Waals surface area contributed by atoms with Gasteiger partial charge in [0.2, 0.25) is 0 Å². The van der Waals surface area contributed by atoms with E-state index < -0.39 is 39.5 Å². The quantitative estimate of drug-likeness (QED) is 0.470. The number of hydrogen-bond acceptors (Lipinski definition) is 0. The first kappa shape index (κ1) is 19.0. The average molecular weight is 476 g/mol. The predicted octanol–water partition coefficient (Wildman–Crippen LogP) is 3.53. The van der Waals surface area contributed by atoms with Gasteiger partial charge in [-0.3, -0.25) is 0 Å². The van der Waals surface area contributed by atoms with Crippen molar-refractivity contribution in [3.8, 4) is 0 Å². The maximum absolute atomic E-state index is 2.36. The standard InChI is InChI=1S/8CH3.3Sn/h8*1H3;;;. The predicted molar refractivity (Wildman–Crippen MR) is 64.2 cm³/mol. The van der Waals surface area contributed by atoms with Crippen molar-refractivity contribution in [2.75, 3.05) is 0 Å². The molecule has 0 unspecified atom stereocenters. The molecule has 0 rings (SSSR count). The Balaban J connectivity index is -0.0000000886. The molecule has 0 atom stereocenters. The molecule has 0 spiro atoms. The summed E-state index contributed by atoms with van der Waals surface area (Å²) < 4.78 is 0. The van der Waals surface area contributed by atoms with Crippen molar-refractivity contribution in [2.45, 2.75) is 39.5 Å². The summed E-state index contributed by atoms with van der Waals surface area (Å²) in [4.78, 5) is 18.8. The molecule has 0 aromatic heterocycles. The van der Waals surface area contributed by atoms with E-state index in [9.17, 15) is 0 Å². The first-order valence-electron chi connectivity index (χ1n) is 4.00. The van der Waals surface area contributed by atoms with Crippen LogP contribution in [0, 0.1) is 0 Å². The topological polar surface area (TPSA) is 0 Å². The van der Waals surface area contributed by atoms with Gasteiger partial charge in [-0.15, -0.1) is 0 Å². The fourth-order valence-corrected chi connectivity index (χ4v) is 0. The van der Waals surface area contributed by atoms with Crippen molar-refractivity contribution in [1.29, 1.82) is 0 Å². The molecule has 0 saturated heterocycles. The summed E-state index contributed by atoms with van der Waals surface area (Å²) in [6, 6.07) is 0. The van der Waals surface area contributed by atoms with Crippen molar-refractivity contribution in [3.63, 3.8) is 0 Å². The van der Waals surface area contributed by atoms with E-state index in [0.717, 1.165) is 0 Å². The Labute approximate surface area is 98.6 Å². The Morgan fingerprint density at radius 3 is 0.636 bits per heavy atom. The minimum absolute atomic E-state index is 0.230. The third kappa shape index (κ3) is 233. The van der Waals surface area contributed by atoms with Crippen LogP contribution < -0.4 is 0 Å². The van der Waals surface area contributed by atoms with Crippen LogP contribution in [0.25, 0.3) is 0 Å². The third-order valence-electron chi connectivity index (χ3n) is 0. The maximum atomic E-state index is 2.36. The van der Waals surface area contributed by atoms with Gasteiger partial charge in [0.25, 0.3) is 0 Å². The Morgan fingerprint density at radius 1 is 0.636 bits per heavy atom. The van der Waals surface area contributed by atoms with Crippen LogP contribution in [0.1, 0.15) is 0 Å². The van der Waals surface area contributed by atoms with Crippen LogP contribution in [0.4, 0.5) is 0 Å². The molecular weight excluding hydrogens is 452 g/mol. The van der Waals surface area contributed by atoms with Gasteiger partial charge in [-0.1, -0.05) is 0 Å². The van der Waals surface area contributed by atoms with Crippen LogP contribution in [0.3, 0.4) is 0 Å². The zero-order valence-electron chi connectivity index (χ0n) is 9.50. The van der Waals surface area contributed by atoms with Crippen LogP contribution >= 0.6 is 0 Å². The fraction of sp³-hybridized carbons (Fsp3) is 1.00. The van der Waals surface area contributed by atoms with Crippen molar-refractivity contribution in [1.82, 2.24) is 0 Å². The Bertz CT molecular complexity index is 33.1. The molecule has 0 N–H and O–H groups in total. The minimum atomic E-state index is -0.543. The van der Waals surface area contributed by atoms with Gasteiger partial charge in [-0.2, -0.15) is 0 Å². The molecule has 0 aromatic carbocycles. The van der Waals surface area contributed by atoms with Gasteiger partial charge >= 0.3 is 100 Å². The summed E-state index contributed by atoms with van der Waals surface area (Å²) in [7, 11) is 0. The Hall–Kier alpha value is 2.40. The van der Waals surface area contributed by atoms with E-state index in [4.69, 9.17) is 0 Å².